The number of anilines is 1. The molecule has 1 aromatic rings. The van der Waals surface area contributed by atoms with Crippen LogP contribution in [0.1, 0.15) is 36.2 Å². The molecule has 0 aliphatic carbocycles. The van der Waals surface area contributed by atoms with E-state index in [0.717, 1.165) is 0 Å². The number of aliphatic hydroxyl groups excluding tert-OH is 1. The molecule has 6 heteroatoms. The summed E-state index contributed by atoms with van der Waals surface area (Å²) in [4.78, 5) is 24.9. The van der Waals surface area contributed by atoms with E-state index in [4.69, 9.17) is 10.2 Å². The predicted molar refractivity (Wildman–Crippen MR) is 80.7 cm³/mol. The highest BCUT2D eigenvalue weighted by Crippen LogP contribution is 2.16. The number of hydrogen-bond donors (Lipinski definition) is 3. The summed E-state index contributed by atoms with van der Waals surface area (Å²) in [6, 6.07) is 4.45. The fraction of sp³-hybridized carbons (Fsp3) is 0.467. The SMILES string of the molecule is Cc1ccc(NC(=O)N(CCCO)C(C)C)cc1C(=O)O. The van der Waals surface area contributed by atoms with Crippen LogP contribution in [0.25, 0.3) is 0 Å². The van der Waals surface area contributed by atoms with Gasteiger partial charge in [0.25, 0.3) is 0 Å². The third-order valence-corrected chi connectivity index (χ3v) is 3.16. The topological polar surface area (TPSA) is 89.9 Å². The summed E-state index contributed by atoms with van der Waals surface area (Å²) in [7, 11) is 0. The molecule has 0 fully saturated rings. The van der Waals surface area contributed by atoms with Crippen LogP contribution in [0.5, 0.6) is 0 Å². The van der Waals surface area contributed by atoms with Crippen molar-refractivity contribution >= 4 is 17.7 Å². The van der Waals surface area contributed by atoms with Crippen molar-refractivity contribution in [1.29, 1.82) is 0 Å². The molecule has 0 bridgehead atoms. The van der Waals surface area contributed by atoms with Gasteiger partial charge < -0.3 is 20.4 Å². The first-order valence-electron chi connectivity index (χ1n) is 6.89. The van der Waals surface area contributed by atoms with Gasteiger partial charge >= 0.3 is 12.0 Å². The van der Waals surface area contributed by atoms with Crippen LogP contribution >= 0.6 is 0 Å². The lowest BCUT2D eigenvalue weighted by molar-refractivity contribution is 0.0696. The molecule has 6 nitrogen and oxygen atoms in total. The number of carboxylic acid groups (broad SMARTS) is 1. The van der Waals surface area contributed by atoms with Gasteiger partial charge in [0.05, 0.1) is 5.56 Å². The molecule has 0 saturated carbocycles. The van der Waals surface area contributed by atoms with Gasteiger partial charge in [0.1, 0.15) is 0 Å². The minimum Gasteiger partial charge on any atom is -0.478 e. The van der Waals surface area contributed by atoms with Gasteiger partial charge in [-0.05, 0) is 44.9 Å². The lowest BCUT2D eigenvalue weighted by atomic mass is 10.1. The third kappa shape index (κ3) is 4.75. The van der Waals surface area contributed by atoms with Gasteiger partial charge in [0.2, 0.25) is 0 Å². The molecule has 1 rings (SSSR count). The van der Waals surface area contributed by atoms with Crippen molar-refractivity contribution in [2.75, 3.05) is 18.5 Å². The second-order valence-corrected chi connectivity index (χ2v) is 5.13. The number of aliphatic hydroxyl groups is 1. The molecule has 0 aromatic heterocycles. The number of aryl methyl sites for hydroxylation is 1. The quantitative estimate of drug-likeness (QED) is 0.751. The molecule has 0 aliphatic heterocycles. The maximum absolute atomic E-state index is 12.2. The smallest absolute Gasteiger partial charge is 0.336 e. The first-order chi connectivity index (χ1) is 9.86. The maximum Gasteiger partial charge on any atom is 0.336 e. The number of carboxylic acids is 1. The Bertz CT molecular complexity index is 514. The third-order valence-electron chi connectivity index (χ3n) is 3.16. The van der Waals surface area contributed by atoms with Crippen LogP contribution in [0.15, 0.2) is 18.2 Å². The van der Waals surface area contributed by atoms with Gasteiger partial charge in [-0.25, -0.2) is 9.59 Å². The number of nitrogens with one attached hydrogen (secondary N) is 1. The molecule has 21 heavy (non-hydrogen) atoms. The minimum atomic E-state index is -1.02. The predicted octanol–water partition coefficient (Wildman–Crippen LogP) is 2.32. The van der Waals surface area contributed by atoms with E-state index < -0.39 is 5.97 Å². The average Bonchev–Trinajstić information content (AvgIpc) is 2.40. The van der Waals surface area contributed by atoms with Crippen LogP contribution in [0, 0.1) is 6.92 Å². The lowest BCUT2D eigenvalue weighted by Crippen LogP contribution is -2.41. The standard InChI is InChI=1S/C15H22N2O4/c1-10(2)17(7-4-8-18)15(21)16-12-6-5-11(3)13(9-12)14(19)20/h5-6,9-10,18H,4,7-8H2,1-3H3,(H,16,21)(H,19,20). The number of hydrogen-bond acceptors (Lipinski definition) is 3. The van der Waals surface area contributed by atoms with E-state index in [0.29, 0.717) is 24.2 Å². The molecular weight excluding hydrogens is 272 g/mol. The number of benzene rings is 1. The van der Waals surface area contributed by atoms with Crippen molar-refractivity contribution in [3.05, 3.63) is 29.3 Å². The highest BCUT2D eigenvalue weighted by Gasteiger charge is 2.17. The first kappa shape index (κ1) is 17.0. The number of amides is 2. The molecule has 0 radical (unpaired) electrons. The van der Waals surface area contributed by atoms with E-state index in [2.05, 4.69) is 5.32 Å². The van der Waals surface area contributed by atoms with Crippen LogP contribution in [-0.4, -0.2) is 46.3 Å². The zero-order chi connectivity index (χ0) is 16.0. The summed E-state index contributed by atoms with van der Waals surface area (Å²) in [5.41, 5.74) is 1.25. The fourth-order valence-electron chi connectivity index (χ4n) is 1.96. The van der Waals surface area contributed by atoms with Crippen LogP contribution in [0.3, 0.4) is 0 Å². The zero-order valence-electron chi connectivity index (χ0n) is 12.6. The van der Waals surface area contributed by atoms with Crippen molar-refractivity contribution in [3.8, 4) is 0 Å². The minimum absolute atomic E-state index is 0.0130. The first-order valence-corrected chi connectivity index (χ1v) is 6.89. The van der Waals surface area contributed by atoms with Crippen LogP contribution in [-0.2, 0) is 0 Å². The summed E-state index contributed by atoms with van der Waals surface area (Å²) < 4.78 is 0. The number of carbonyl (C=O) groups is 2. The Hall–Kier alpha value is -2.08. The second kappa shape index (κ2) is 7.64. The van der Waals surface area contributed by atoms with E-state index in [1.54, 1.807) is 24.0 Å². The maximum atomic E-state index is 12.2. The Labute approximate surface area is 124 Å². The largest absolute Gasteiger partial charge is 0.478 e. The van der Waals surface area contributed by atoms with E-state index in [9.17, 15) is 9.59 Å². The molecule has 2 amide bonds. The summed E-state index contributed by atoms with van der Waals surface area (Å²) in [5.74, 6) is -1.02. The molecule has 0 saturated heterocycles. The Kier molecular flexibility index (Phi) is 6.17. The summed E-state index contributed by atoms with van der Waals surface area (Å²) in [6.45, 7) is 5.93. The van der Waals surface area contributed by atoms with Gasteiger partial charge in [0, 0.05) is 24.9 Å². The Morgan fingerprint density at radius 1 is 1.33 bits per heavy atom. The van der Waals surface area contributed by atoms with Crippen molar-refractivity contribution in [1.82, 2.24) is 4.90 Å². The Morgan fingerprint density at radius 3 is 2.52 bits per heavy atom. The molecule has 1 aromatic carbocycles. The normalized spacial score (nSPS) is 10.5. The van der Waals surface area contributed by atoms with Crippen molar-refractivity contribution in [3.63, 3.8) is 0 Å². The van der Waals surface area contributed by atoms with Crippen molar-refractivity contribution in [2.24, 2.45) is 0 Å². The Morgan fingerprint density at radius 2 is 2.00 bits per heavy atom. The molecule has 0 heterocycles. The molecule has 0 aliphatic rings. The lowest BCUT2D eigenvalue weighted by Gasteiger charge is -2.26. The van der Waals surface area contributed by atoms with E-state index in [1.165, 1.54) is 6.07 Å². The summed E-state index contributed by atoms with van der Waals surface area (Å²) in [6.07, 6.45) is 0.500. The van der Waals surface area contributed by atoms with E-state index in [1.807, 2.05) is 13.8 Å². The average molecular weight is 294 g/mol. The van der Waals surface area contributed by atoms with Gasteiger partial charge in [-0.2, -0.15) is 0 Å². The van der Waals surface area contributed by atoms with E-state index in [-0.39, 0.29) is 24.2 Å². The van der Waals surface area contributed by atoms with Gasteiger partial charge in [-0.15, -0.1) is 0 Å². The summed E-state index contributed by atoms with van der Waals surface area (Å²) in [5, 5.41) is 20.7. The Balaban J connectivity index is 2.86. The van der Waals surface area contributed by atoms with Crippen LogP contribution in [0.4, 0.5) is 10.5 Å². The number of rotatable bonds is 6. The number of urea groups is 1. The highest BCUT2D eigenvalue weighted by molar-refractivity contribution is 5.94. The van der Waals surface area contributed by atoms with Crippen molar-refractivity contribution in [2.45, 2.75) is 33.2 Å². The number of carbonyl (C=O) groups excluding carboxylic acids is 1. The van der Waals surface area contributed by atoms with Gasteiger partial charge in [-0.3, -0.25) is 0 Å². The van der Waals surface area contributed by atoms with Crippen LogP contribution in [0.2, 0.25) is 0 Å². The molecule has 116 valence electrons. The zero-order valence-corrected chi connectivity index (χ0v) is 12.6. The molecule has 0 unspecified atom stereocenters. The van der Waals surface area contributed by atoms with Crippen LogP contribution < -0.4 is 5.32 Å². The van der Waals surface area contributed by atoms with E-state index >= 15 is 0 Å². The summed E-state index contributed by atoms with van der Waals surface area (Å²) >= 11 is 0. The molecule has 0 atom stereocenters. The molecule has 3 N–H and O–H groups in total. The second-order valence-electron chi connectivity index (χ2n) is 5.13. The monoisotopic (exact) mass is 294 g/mol. The highest BCUT2D eigenvalue weighted by atomic mass is 16.4. The molecular formula is C15H22N2O4. The molecule has 0 spiro atoms. The fourth-order valence-corrected chi connectivity index (χ4v) is 1.96. The van der Waals surface area contributed by atoms with Gasteiger partial charge in [-0.1, -0.05) is 6.07 Å². The number of nitrogens with zero attached hydrogens (tertiary/aromatic N) is 1. The van der Waals surface area contributed by atoms with Gasteiger partial charge in [0.15, 0.2) is 0 Å². The number of aromatic carboxylic acids is 1. The van der Waals surface area contributed by atoms with Crippen molar-refractivity contribution < 1.29 is 19.8 Å².